The molecule has 0 aliphatic heterocycles. The van der Waals surface area contributed by atoms with E-state index in [9.17, 15) is 23.3 Å². The Hall–Kier alpha value is -2.05. The van der Waals surface area contributed by atoms with Crippen LogP contribution in [-0.2, 0) is 6.18 Å². The standard InChI is InChI=1S/C9H5F3N2O2/c10-9(11,12)6-3-5-1-2-13-8(5)7(4-6)14(15)16/h1-4,13H. The Kier molecular flexibility index (Phi) is 2.11. The fraction of sp³-hybridized carbons (Fsp3) is 0.111. The van der Waals surface area contributed by atoms with E-state index in [1.54, 1.807) is 0 Å². The van der Waals surface area contributed by atoms with Crippen LogP contribution in [-0.4, -0.2) is 9.91 Å². The maximum atomic E-state index is 12.4. The van der Waals surface area contributed by atoms with E-state index in [2.05, 4.69) is 4.98 Å². The van der Waals surface area contributed by atoms with Crippen LogP contribution in [0.1, 0.15) is 5.56 Å². The van der Waals surface area contributed by atoms with Gasteiger partial charge in [-0.1, -0.05) is 0 Å². The molecular weight excluding hydrogens is 225 g/mol. The summed E-state index contributed by atoms with van der Waals surface area (Å²) in [5, 5.41) is 10.8. The normalized spacial score (nSPS) is 11.9. The Labute approximate surface area is 86.8 Å². The van der Waals surface area contributed by atoms with Crippen molar-refractivity contribution in [3.05, 3.63) is 40.1 Å². The molecule has 7 heteroatoms. The molecule has 0 radical (unpaired) electrons. The predicted molar refractivity (Wildman–Crippen MR) is 50.0 cm³/mol. The first-order chi connectivity index (χ1) is 7.39. The van der Waals surface area contributed by atoms with Gasteiger partial charge in [0.25, 0.3) is 5.69 Å². The SMILES string of the molecule is O=[N+]([O-])c1cc(C(F)(F)F)cc2cc[nH]c12. The molecule has 2 rings (SSSR count). The quantitative estimate of drug-likeness (QED) is 0.604. The lowest BCUT2D eigenvalue weighted by atomic mass is 10.1. The number of nitro benzene ring substituents is 1. The summed E-state index contributed by atoms with van der Waals surface area (Å²) < 4.78 is 37.3. The maximum absolute atomic E-state index is 12.4. The number of nitrogens with zero attached hydrogens (tertiary/aromatic N) is 1. The van der Waals surface area contributed by atoms with Crippen molar-refractivity contribution < 1.29 is 18.1 Å². The van der Waals surface area contributed by atoms with E-state index in [0.29, 0.717) is 6.07 Å². The van der Waals surface area contributed by atoms with Crippen molar-refractivity contribution >= 4 is 16.6 Å². The van der Waals surface area contributed by atoms with Crippen LogP contribution in [0.4, 0.5) is 18.9 Å². The largest absolute Gasteiger partial charge is 0.416 e. The van der Waals surface area contributed by atoms with E-state index in [-0.39, 0.29) is 10.9 Å². The number of aromatic nitrogens is 1. The molecule has 1 N–H and O–H groups in total. The first kappa shape index (κ1) is 10.5. The monoisotopic (exact) mass is 230 g/mol. The summed E-state index contributed by atoms with van der Waals surface area (Å²) in [6.07, 6.45) is -3.23. The summed E-state index contributed by atoms with van der Waals surface area (Å²) in [4.78, 5) is 12.3. The lowest BCUT2D eigenvalue weighted by Crippen LogP contribution is -2.05. The third-order valence-corrected chi connectivity index (χ3v) is 2.16. The van der Waals surface area contributed by atoms with Crippen LogP contribution >= 0.6 is 0 Å². The number of nitro groups is 1. The second kappa shape index (κ2) is 3.22. The van der Waals surface area contributed by atoms with Crippen LogP contribution in [0.5, 0.6) is 0 Å². The highest BCUT2D eigenvalue weighted by molar-refractivity contribution is 5.88. The average Bonchev–Trinajstić information content (AvgIpc) is 2.61. The van der Waals surface area contributed by atoms with Gasteiger partial charge in [-0.25, -0.2) is 0 Å². The Morgan fingerprint density at radius 3 is 2.56 bits per heavy atom. The van der Waals surface area contributed by atoms with Gasteiger partial charge in [0.2, 0.25) is 0 Å². The average molecular weight is 230 g/mol. The van der Waals surface area contributed by atoms with Crippen molar-refractivity contribution in [3.8, 4) is 0 Å². The smallest absolute Gasteiger partial charge is 0.356 e. The molecule has 1 heterocycles. The first-order valence-corrected chi connectivity index (χ1v) is 4.22. The number of hydrogen-bond donors (Lipinski definition) is 1. The number of benzene rings is 1. The molecule has 84 valence electrons. The Balaban J connectivity index is 2.76. The van der Waals surface area contributed by atoms with Crippen molar-refractivity contribution in [2.45, 2.75) is 6.18 Å². The zero-order valence-corrected chi connectivity index (χ0v) is 7.71. The van der Waals surface area contributed by atoms with Gasteiger partial charge in [-0.15, -0.1) is 0 Å². The maximum Gasteiger partial charge on any atom is 0.416 e. The lowest BCUT2D eigenvalue weighted by Gasteiger charge is -2.06. The second-order valence-electron chi connectivity index (χ2n) is 3.19. The summed E-state index contributed by atoms with van der Waals surface area (Å²) in [6, 6.07) is 2.76. The van der Waals surface area contributed by atoms with Crippen LogP contribution in [0.15, 0.2) is 24.4 Å². The second-order valence-corrected chi connectivity index (χ2v) is 3.19. The molecule has 2 aromatic rings. The molecule has 1 aromatic heterocycles. The van der Waals surface area contributed by atoms with Crippen molar-refractivity contribution in [2.75, 3.05) is 0 Å². The molecule has 0 saturated heterocycles. The fourth-order valence-electron chi connectivity index (χ4n) is 1.46. The molecule has 0 aliphatic rings. The van der Waals surface area contributed by atoms with Gasteiger partial charge in [-0.2, -0.15) is 13.2 Å². The summed E-state index contributed by atoms with van der Waals surface area (Å²) in [7, 11) is 0. The molecule has 0 aliphatic carbocycles. The van der Waals surface area contributed by atoms with Gasteiger partial charge in [-0.05, 0) is 12.1 Å². The molecular formula is C9H5F3N2O2. The highest BCUT2D eigenvalue weighted by atomic mass is 19.4. The minimum Gasteiger partial charge on any atom is -0.356 e. The van der Waals surface area contributed by atoms with Crippen molar-refractivity contribution in [2.24, 2.45) is 0 Å². The molecule has 0 amide bonds. The minimum absolute atomic E-state index is 0.0954. The topological polar surface area (TPSA) is 58.9 Å². The van der Waals surface area contributed by atoms with E-state index in [1.165, 1.54) is 12.3 Å². The van der Waals surface area contributed by atoms with Gasteiger partial charge >= 0.3 is 6.18 Å². The molecule has 0 atom stereocenters. The Bertz CT molecular complexity index is 559. The van der Waals surface area contributed by atoms with Crippen LogP contribution < -0.4 is 0 Å². The van der Waals surface area contributed by atoms with Crippen molar-refractivity contribution in [1.82, 2.24) is 4.98 Å². The van der Waals surface area contributed by atoms with E-state index >= 15 is 0 Å². The molecule has 0 saturated carbocycles. The minimum atomic E-state index is -4.59. The number of fused-ring (bicyclic) bond motifs is 1. The molecule has 4 nitrogen and oxygen atoms in total. The number of nitrogens with one attached hydrogen (secondary N) is 1. The van der Waals surface area contributed by atoms with Gasteiger partial charge in [0, 0.05) is 17.6 Å². The number of hydrogen-bond acceptors (Lipinski definition) is 2. The zero-order valence-electron chi connectivity index (χ0n) is 7.71. The van der Waals surface area contributed by atoms with Crippen molar-refractivity contribution in [3.63, 3.8) is 0 Å². The Morgan fingerprint density at radius 2 is 2.00 bits per heavy atom. The number of aromatic amines is 1. The molecule has 0 unspecified atom stereocenters. The number of H-pyrrole nitrogens is 1. The molecule has 0 bridgehead atoms. The van der Waals surface area contributed by atoms with Crippen LogP contribution in [0, 0.1) is 10.1 Å². The van der Waals surface area contributed by atoms with Gasteiger partial charge in [-0.3, -0.25) is 10.1 Å². The summed E-state index contributed by atoms with van der Waals surface area (Å²) in [5.74, 6) is 0. The molecule has 0 fully saturated rings. The number of non-ortho nitro benzene ring substituents is 1. The summed E-state index contributed by atoms with van der Waals surface area (Å²) in [6.45, 7) is 0. The molecule has 1 aromatic carbocycles. The fourth-order valence-corrected chi connectivity index (χ4v) is 1.46. The highest BCUT2D eigenvalue weighted by Crippen LogP contribution is 2.35. The van der Waals surface area contributed by atoms with Gasteiger partial charge in [0.15, 0.2) is 0 Å². The number of rotatable bonds is 1. The van der Waals surface area contributed by atoms with E-state index < -0.39 is 22.4 Å². The summed E-state index contributed by atoms with van der Waals surface area (Å²) >= 11 is 0. The third kappa shape index (κ3) is 1.60. The van der Waals surface area contributed by atoms with E-state index in [0.717, 1.165) is 6.07 Å². The number of halogens is 3. The van der Waals surface area contributed by atoms with Gasteiger partial charge in [0.05, 0.1) is 10.5 Å². The summed E-state index contributed by atoms with van der Waals surface area (Å²) in [5.41, 5.74) is -1.50. The van der Waals surface area contributed by atoms with E-state index in [4.69, 9.17) is 0 Å². The number of alkyl halides is 3. The lowest BCUT2D eigenvalue weighted by molar-refractivity contribution is -0.383. The van der Waals surface area contributed by atoms with Crippen LogP contribution in [0.25, 0.3) is 10.9 Å². The van der Waals surface area contributed by atoms with Crippen molar-refractivity contribution in [1.29, 1.82) is 0 Å². The van der Waals surface area contributed by atoms with Crippen LogP contribution in [0.3, 0.4) is 0 Å². The molecule has 16 heavy (non-hydrogen) atoms. The molecule has 0 spiro atoms. The van der Waals surface area contributed by atoms with E-state index in [1.807, 2.05) is 0 Å². The van der Waals surface area contributed by atoms with Crippen LogP contribution in [0.2, 0.25) is 0 Å². The zero-order chi connectivity index (χ0) is 11.9. The van der Waals surface area contributed by atoms with Gasteiger partial charge < -0.3 is 4.98 Å². The first-order valence-electron chi connectivity index (χ1n) is 4.22. The highest BCUT2D eigenvalue weighted by Gasteiger charge is 2.33. The van der Waals surface area contributed by atoms with Gasteiger partial charge in [0.1, 0.15) is 5.52 Å². The Morgan fingerprint density at radius 1 is 1.31 bits per heavy atom. The third-order valence-electron chi connectivity index (χ3n) is 2.16. The predicted octanol–water partition coefficient (Wildman–Crippen LogP) is 3.09.